The highest BCUT2D eigenvalue weighted by Crippen LogP contribution is 2.38. The van der Waals surface area contributed by atoms with Crippen LogP contribution in [-0.2, 0) is 14.3 Å². The van der Waals surface area contributed by atoms with Gasteiger partial charge in [-0.2, -0.15) is 0 Å². The number of hydrogen-bond acceptors (Lipinski definition) is 9. The van der Waals surface area contributed by atoms with Crippen LogP contribution in [0.3, 0.4) is 0 Å². The third kappa shape index (κ3) is 7.41. The number of nitrogens with zero attached hydrogens (tertiary/aromatic N) is 3. The molecule has 1 fully saturated rings. The number of carbonyl (C=O) groups excluding carboxylic acids is 1. The number of carbonyl (C=O) groups is 2. The molecule has 2 N–H and O–H groups in total. The van der Waals surface area contributed by atoms with E-state index in [1.807, 2.05) is 0 Å². The van der Waals surface area contributed by atoms with E-state index in [2.05, 4.69) is 26.2 Å². The second kappa shape index (κ2) is 12.8. The Bertz CT molecular complexity index is 1280. The number of thioether (sulfide) groups is 1. The first kappa shape index (κ1) is 29.6. The highest BCUT2D eigenvalue weighted by atomic mass is 79.9. The molecular formula is C25H26BrF3N4O4S2. The first-order valence-electron chi connectivity index (χ1n) is 12.1. The van der Waals surface area contributed by atoms with Gasteiger partial charge in [-0.15, -0.1) is 23.1 Å². The van der Waals surface area contributed by atoms with Crippen LogP contribution in [0.1, 0.15) is 36.4 Å². The number of nitrogens with one attached hydrogen (secondary N) is 1. The Morgan fingerprint density at radius 2 is 2.18 bits per heavy atom. The molecular weight excluding hydrogens is 621 g/mol. The van der Waals surface area contributed by atoms with Gasteiger partial charge in [0, 0.05) is 46.5 Å². The summed E-state index contributed by atoms with van der Waals surface area (Å²) in [6.45, 7) is 1.11. The molecule has 0 bridgehead atoms. The van der Waals surface area contributed by atoms with Gasteiger partial charge in [-0.3, -0.25) is 14.7 Å². The number of amidine groups is 1. The first-order chi connectivity index (χ1) is 18.6. The Morgan fingerprint density at radius 3 is 2.85 bits per heavy atom. The lowest BCUT2D eigenvalue weighted by Crippen LogP contribution is -2.52. The number of ether oxygens (including phenoxy) is 1. The van der Waals surface area contributed by atoms with E-state index >= 15 is 0 Å². The molecule has 0 aliphatic carbocycles. The number of benzene rings is 1. The van der Waals surface area contributed by atoms with Gasteiger partial charge in [0.2, 0.25) is 0 Å². The number of piperidine rings is 1. The summed E-state index contributed by atoms with van der Waals surface area (Å²) in [5.41, 5.74) is 0.932. The Labute approximate surface area is 239 Å². The highest BCUT2D eigenvalue weighted by Gasteiger charge is 2.42. The van der Waals surface area contributed by atoms with Gasteiger partial charge in [0.25, 0.3) is 5.92 Å². The quantitative estimate of drug-likeness (QED) is 0.353. The molecule has 2 aromatic rings. The fourth-order valence-electron chi connectivity index (χ4n) is 4.49. The maximum atomic E-state index is 14.6. The van der Waals surface area contributed by atoms with Gasteiger partial charge in [0.05, 0.1) is 24.5 Å². The Kier molecular flexibility index (Phi) is 9.73. The van der Waals surface area contributed by atoms with E-state index in [9.17, 15) is 22.8 Å². The molecule has 0 amide bonds. The van der Waals surface area contributed by atoms with Crippen LogP contribution in [0.4, 0.5) is 13.2 Å². The van der Waals surface area contributed by atoms with Crippen molar-refractivity contribution < 1.29 is 32.6 Å². The minimum atomic E-state index is -2.95. The predicted molar refractivity (Wildman–Crippen MR) is 147 cm³/mol. The topological polar surface area (TPSA) is 104 Å². The van der Waals surface area contributed by atoms with Gasteiger partial charge in [-0.05, 0) is 31.0 Å². The Balaban J connectivity index is 1.78. The average Bonchev–Trinajstić information content (AvgIpc) is 3.40. The second-order valence-corrected chi connectivity index (χ2v) is 11.8. The third-order valence-electron chi connectivity index (χ3n) is 6.20. The van der Waals surface area contributed by atoms with Crippen molar-refractivity contribution >= 4 is 56.8 Å². The van der Waals surface area contributed by atoms with Gasteiger partial charge >= 0.3 is 11.9 Å². The zero-order chi connectivity index (χ0) is 28.2. The number of thiazole rings is 1. The van der Waals surface area contributed by atoms with Crippen LogP contribution in [0.5, 0.6) is 0 Å². The second-order valence-electron chi connectivity index (χ2n) is 8.98. The van der Waals surface area contributed by atoms with Crippen molar-refractivity contribution in [1.29, 1.82) is 0 Å². The molecule has 4 rings (SSSR count). The standard InChI is InChI=1S/C25H26BrF3N4O4S2/c1-2-37-24(36)20-18(10-33-13-25(28,29)6-5-15(33)11-38-12-19(34)35)31-22(23-30-7-8-39-23)32-21(20)16-4-3-14(27)9-17(16)26/h3-4,7-9,15,21H,2,5-6,10-13H2,1H3,(H,31,32)(H,34,35). The van der Waals surface area contributed by atoms with Crippen molar-refractivity contribution in [3.63, 3.8) is 0 Å². The molecule has 2 atom stereocenters. The molecule has 2 aliphatic heterocycles. The van der Waals surface area contributed by atoms with E-state index in [0.717, 1.165) is 11.8 Å². The normalized spacial score (nSPS) is 21.3. The number of hydrogen-bond donors (Lipinski definition) is 2. The Morgan fingerprint density at radius 1 is 1.38 bits per heavy atom. The molecule has 0 saturated carbocycles. The molecule has 1 aromatic carbocycles. The summed E-state index contributed by atoms with van der Waals surface area (Å²) >= 11 is 5.84. The first-order valence-corrected chi connectivity index (χ1v) is 14.9. The lowest BCUT2D eigenvalue weighted by molar-refractivity contribution is -0.139. The van der Waals surface area contributed by atoms with Crippen LogP contribution in [0.15, 0.2) is 50.5 Å². The SMILES string of the molecule is CCOC(=O)C1=C(CN2CC(F)(F)CCC2CSCC(=O)O)NC(c2nccs2)=NC1c1ccc(F)cc1Br. The summed E-state index contributed by atoms with van der Waals surface area (Å²) in [5.74, 6) is -4.55. The van der Waals surface area contributed by atoms with Crippen molar-refractivity contribution in [2.75, 3.05) is 31.2 Å². The number of alkyl halides is 2. The van der Waals surface area contributed by atoms with Crippen LogP contribution in [-0.4, -0.2) is 75.9 Å². The summed E-state index contributed by atoms with van der Waals surface area (Å²) in [6.07, 6.45) is 1.45. The van der Waals surface area contributed by atoms with Gasteiger partial charge in [-0.1, -0.05) is 22.0 Å². The molecule has 14 heteroatoms. The molecule has 0 spiro atoms. The van der Waals surface area contributed by atoms with Crippen molar-refractivity contribution in [3.8, 4) is 0 Å². The molecule has 2 aliphatic rings. The van der Waals surface area contributed by atoms with Crippen molar-refractivity contribution in [2.45, 2.75) is 37.8 Å². The summed E-state index contributed by atoms with van der Waals surface area (Å²) in [7, 11) is 0. The molecule has 8 nitrogen and oxygen atoms in total. The number of rotatable bonds is 10. The fraction of sp³-hybridized carbons (Fsp3) is 0.440. The predicted octanol–water partition coefficient (Wildman–Crippen LogP) is 4.87. The maximum absolute atomic E-state index is 14.6. The molecule has 0 radical (unpaired) electrons. The summed E-state index contributed by atoms with van der Waals surface area (Å²) in [5, 5.41) is 14.5. The van der Waals surface area contributed by atoms with Crippen molar-refractivity contribution in [3.05, 3.63) is 61.9 Å². The summed E-state index contributed by atoms with van der Waals surface area (Å²) in [6, 6.07) is 2.75. The monoisotopic (exact) mass is 646 g/mol. The molecule has 210 valence electrons. The fourth-order valence-corrected chi connectivity index (χ4v) is 6.59. The summed E-state index contributed by atoms with van der Waals surface area (Å²) < 4.78 is 48.9. The average molecular weight is 648 g/mol. The lowest BCUT2D eigenvalue weighted by Gasteiger charge is -2.40. The van der Waals surface area contributed by atoms with E-state index in [1.165, 1.54) is 29.5 Å². The largest absolute Gasteiger partial charge is 0.481 e. The molecule has 2 unspecified atom stereocenters. The number of halogens is 4. The number of carboxylic acid groups (broad SMARTS) is 1. The van der Waals surface area contributed by atoms with Gasteiger partial charge in [0.1, 0.15) is 11.9 Å². The maximum Gasteiger partial charge on any atom is 0.338 e. The number of likely N-dealkylation sites (tertiary alicyclic amines) is 1. The van der Waals surface area contributed by atoms with E-state index < -0.39 is 36.3 Å². The number of aromatic nitrogens is 1. The smallest absolute Gasteiger partial charge is 0.338 e. The van der Waals surface area contributed by atoms with Crippen LogP contribution >= 0.6 is 39.0 Å². The lowest BCUT2D eigenvalue weighted by atomic mass is 9.94. The van der Waals surface area contributed by atoms with Crippen LogP contribution in [0, 0.1) is 5.82 Å². The van der Waals surface area contributed by atoms with E-state index in [0.29, 0.717) is 32.3 Å². The minimum absolute atomic E-state index is 0.0677. The number of aliphatic carboxylic acids is 1. The van der Waals surface area contributed by atoms with Crippen LogP contribution in [0.2, 0.25) is 0 Å². The summed E-state index contributed by atoms with van der Waals surface area (Å²) in [4.78, 5) is 35.0. The van der Waals surface area contributed by atoms with Gasteiger partial charge in [0.15, 0.2) is 10.8 Å². The van der Waals surface area contributed by atoms with Crippen molar-refractivity contribution in [2.24, 2.45) is 4.99 Å². The third-order valence-corrected chi connectivity index (χ3v) is 8.74. The van der Waals surface area contributed by atoms with E-state index in [4.69, 9.17) is 14.8 Å². The molecule has 3 heterocycles. The van der Waals surface area contributed by atoms with E-state index in [-0.39, 0.29) is 43.4 Å². The van der Waals surface area contributed by atoms with Crippen LogP contribution < -0.4 is 5.32 Å². The minimum Gasteiger partial charge on any atom is -0.481 e. The van der Waals surface area contributed by atoms with Crippen molar-refractivity contribution in [1.82, 2.24) is 15.2 Å². The number of carboxylic acids is 1. The number of aliphatic imine (C=N–C) groups is 1. The van der Waals surface area contributed by atoms with E-state index in [1.54, 1.807) is 23.4 Å². The van der Waals surface area contributed by atoms with Crippen LogP contribution in [0.25, 0.3) is 0 Å². The molecule has 39 heavy (non-hydrogen) atoms. The van der Waals surface area contributed by atoms with Gasteiger partial charge < -0.3 is 15.2 Å². The van der Waals surface area contributed by atoms with Gasteiger partial charge in [-0.25, -0.2) is 22.9 Å². The Hall–Kier alpha value is -2.42. The number of esters is 1. The zero-order valence-electron chi connectivity index (χ0n) is 20.8. The highest BCUT2D eigenvalue weighted by molar-refractivity contribution is 9.10. The molecule has 1 saturated heterocycles. The molecule has 1 aromatic heterocycles. The zero-order valence-corrected chi connectivity index (χ0v) is 24.1.